The van der Waals surface area contributed by atoms with Crippen LogP contribution in [-0.4, -0.2) is 33.0 Å². The molecule has 6 heteroatoms. The second-order valence-electron chi connectivity index (χ2n) is 5.11. The molecule has 0 bridgehead atoms. The lowest BCUT2D eigenvalue weighted by Crippen LogP contribution is -2.37. The first-order valence-corrected chi connectivity index (χ1v) is 7.13. The highest BCUT2D eigenvalue weighted by Crippen LogP contribution is 2.34. The summed E-state index contributed by atoms with van der Waals surface area (Å²) < 4.78 is 1.68. The number of amides is 1. The zero-order valence-corrected chi connectivity index (χ0v) is 11.7. The molecule has 1 aliphatic rings. The minimum absolute atomic E-state index is 0.0119. The molecule has 2 N–H and O–H groups in total. The van der Waals surface area contributed by atoms with Gasteiger partial charge in [-0.05, 0) is 37.3 Å². The minimum Gasteiger partial charge on any atom is -0.396 e. The summed E-state index contributed by atoms with van der Waals surface area (Å²) in [6, 6.07) is 5.49. The van der Waals surface area contributed by atoms with Crippen LogP contribution in [0.5, 0.6) is 0 Å². The molecule has 1 aliphatic carbocycles. The summed E-state index contributed by atoms with van der Waals surface area (Å²) in [5.74, 6) is 0.239. The SMILES string of the molecule is O=C(NC(CCO)C1CC1)c1c(Cl)nc2ccccn12. The Labute approximate surface area is 121 Å². The van der Waals surface area contributed by atoms with Gasteiger partial charge in [0.2, 0.25) is 0 Å². The number of aliphatic hydroxyl groups excluding tert-OH is 1. The normalized spacial score (nSPS) is 16.3. The Hall–Kier alpha value is -1.59. The van der Waals surface area contributed by atoms with Crippen molar-refractivity contribution in [1.29, 1.82) is 0 Å². The van der Waals surface area contributed by atoms with E-state index in [0.29, 0.717) is 23.7 Å². The molecule has 0 aromatic carbocycles. The van der Waals surface area contributed by atoms with Crippen molar-refractivity contribution in [2.24, 2.45) is 5.92 Å². The van der Waals surface area contributed by atoms with E-state index in [2.05, 4.69) is 10.3 Å². The van der Waals surface area contributed by atoms with Gasteiger partial charge in [-0.15, -0.1) is 0 Å². The van der Waals surface area contributed by atoms with Crippen molar-refractivity contribution >= 4 is 23.2 Å². The predicted octanol–water partition coefficient (Wildman–Crippen LogP) is 1.88. The van der Waals surface area contributed by atoms with Crippen molar-refractivity contribution in [1.82, 2.24) is 14.7 Å². The predicted molar refractivity (Wildman–Crippen MR) is 75.9 cm³/mol. The van der Waals surface area contributed by atoms with E-state index in [1.165, 1.54) is 0 Å². The van der Waals surface area contributed by atoms with Crippen LogP contribution < -0.4 is 5.32 Å². The van der Waals surface area contributed by atoms with Crippen molar-refractivity contribution in [2.75, 3.05) is 6.61 Å². The zero-order valence-electron chi connectivity index (χ0n) is 10.9. The first-order valence-electron chi connectivity index (χ1n) is 6.75. The maximum absolute atomic E-state index is 12.4. The van der Waals surface area contributed by atoms with E-state index in [1.54, 1.807) is 16.7 Å². The number of nitrogens with zero attached hydrogens (tertiary/aromatic N) is 2. The molecular weight excluding hydrogens is 278 g/mol. The Morgan fingerprint density at radius 2 is 2.35 bits per heavy atom. The van der Waals surface area contributed by atoms with Gasteiger partial charge in [0.25, 0.3) is 5.91 Å². The number of halogens is 1. The molecule has 0 aliphatic heterocycles. The molecule has 1 unspecified atom stereocenters. The van der Waals surface area contributed by atoms with E-state index in [9.17, 15) is 4.79 Å². The van der Waals surface area contributed by atoms with Crippen LogP contribution >= 0.6 is 11.6 Å². The largest absolute Gasteiger partial charge is 0.396 e. The third-order valence-electron chi connectivity index (χ3n) is 3.65. The maximum Gasteiger partial charge on any atom is 0.271 e. The Kier molecular flexibility index (Phi) is 3.63. The van der Waals surface area contributed by atoms with Crippen molar-refractivity contribution < 1.29 is 9.90 Å². The van der Waals surface area contributed by atoms with E-state index in [4.69, 9.17) is 16.7 Å². The molecule has 1 fully saturated rings. The highest BCUT2D eigenvalue weighted by molar-refractivity contribution is 6.32. The summed E-state index contributed by atoms with van der Waals surface area (Å²) in [6.07, 6.45) is 4.55. The molecule has 1 amide bonds. The standard InChI is InChI=1S/C14H16ClN3O2/c15-13-12(18-7-2-1-3-11(18)17-13)14(20)16-10(6-8-19)9-4-5-9/h1-3,7,9-10,19H,4-6,8H2,(H,16,20). The van der Waals surface area contributed by atoms with Gasteiger partial charge in [-0.25, -0.2) is 4.98 Å². The van der Waals surface area contributed by atoms with E-state index in [1.807, 2.05) is 12.1 Å². The van der Waals surface area contributed by atoms with Crippen molar-refractivity contribution in [3.05, 3.63) is 35.2 Å². The van der Waals surface area contributed by atoms with Gasteiger partial charge in [0.05, 0.1) is 0 Å². The van der Waals surface area contributed by atoms with Crippen molar-refractivity contribution in [3.8, 4) is 0 Å². The average Bonchev–Trinajstić information content (AvgIpc) is 3.20. The second kappa shape index (κ2) is 5.42. The molecule has 5 nitrogen and oxygen atoms in total. The summed E-state index contributed by atoms with van der Waals surface area (Å²) >= 11 is 6.08. The van der Waals surface area contributed by atoms with Gasteiger partial charge >= 0.3 is 0 Å². The van der Waals surface area contributed by atoms with Crippen LogP contribution in [0.2, 0.25) is 5.15 Å². The molecule has 3 rings (SSSR count). The number of carbonyl (C=O) groups is 1. The molecular formula is C14H16ClN3O2. The lowest BCUT2D eigenvalue weighted by molar-refractivity contribution is 0.0918. The number of carbonyl (C=O) groups excluding carboxylic acids is 1. The second-order valence-corrected chi connectivity index (χ2v) is 5.47. The van der Waals surface area contributed by atoms with Gasteiger partial charge in [-0.3, -0.25) is 9.20 Å². The Bertz CT molecular complexity index is 636. The molecule has 1 atom stereocenters. The number of imidazole rings is 1. The molecule has 0 spiro atoms. The van der Waals surface area contributed by atoms with E-state index in [-0.39, 0.29) is 23.7 Å². The Morgan fingerprint density at radius 1 is 1.55 bits per heavy atom. The number of pyridine rings is 1. The lowest BCUT2D eigenvalue weighted by Gasteiger charge is -2.17. The molecule has 0 saturated heterocycles. The minimum atomic E-state index is -0.237. The van der Waals surface area contributed by atoms with Gasteiger partial charge in [-0.2, -0.15) is 0 Å². The fourth-order valence-electron chi connectivity index (χ4n) is 2.47. The molecule has 2 aromatic heterocycles. The quantitative estimate of drug-likeness (QED) is 0.884. The average molecular weight is 294 g/mol. The van der Waals surface area contributed by atoms with Gasteiger partial charge in [0.15, 0.2) is 10.8 Å². The van der Waals surface area contributed by atoms with Crippen LogP contribution in [0.1, 0.15) is 29.8 Å². The molecule has 1 saturated carbocycles. The molecule has 20 heavy (non-hydrogen) atoms. The van der Waals surface area contributed by atoms with E-state index < -0.39 is 0 Å². The summed E-state index contributed by atoms with van der Waals surface area (Å²) in [4.78, 5) is 16.6. The first-order chi connectivity index (χ1) is 9.70. The molecule has 2 aromatic rings. The number of aromatic nitrogens is 2. The molecule has 0 radical (unpaired) electrons. The Balaban J connectivity index is 1.86. The number of aliphatic hydroxyl groups is 1. The number of rotatable bonds is 5. The summed E-state index contributed by atoms with van der Waals surface area (Å²) in [7, 11) is 0. The summed E-state index contributed by atoms with van der Waals surface area (Å²) in [6.45, 7) is 0.0718. The molecule has 106 valence electrons. The van der Waals surface area contributed by atoms with Crippen LogP contribution in [-0.2, 0) is 0 Å². The van der Waals surface area contributed by atoms with Crippen molar-refractivity contribution in [3.63, 3.8) is 0 Å². The summed E-state index contributed by atoms with van der Waals surface area (Å²) in [5.41, 5.74) is 0.999. The highest BCUT2D eigenvalue weighted by atomic mass is 35.5. The van der Waals surface area contributed by atoms with E-state index in [0.717, 1.165) is 12.8 Å². The number of hydrogen-bond donors (Lipinski definition) is 2. The van der Waals surface area contributed by atoms with Crippen molar-refractivity contribution in [2.45, 2.75) is 25.3 Å². The van der Waals surface area contributed by atoms with Crippen LogP contribution in [0.25, 0.3) is 5.65 Å². The molecule has 2 heterocycles. The van der Waals surface area contributed by atoms with Gasteiger partial charge < -0.3 is 10.4 Å². The number of hydrogen-bond acceptors (Lipinski definition) is 3. The monoisotopic (exact) mass is 293 g/mol. The maximum atomic E-state index is 12.4. The Morgan fingerprint density at radius 3 is 3.05 bits per heavy atom. The third kappa shape index (κ3) is 2.51. The van der Waals surface area contributed by atoms with Gasteiger partial charge in [-0.1, -0.05) is 17.7 Å². The van der Waals surface area contributed by atoms with Gasteiger partial charge in [0.1, 0.15) is 5.65 Å². The summed E-state index contributed by atoms with van der Waals surface area (Å²) in [5, 5.41) is 12.3. The van der Waals surface area contributed by atoms with E-state index >= 15 is 0 Å². The number of fused-ring (bicyclic) bond motifs is 1. The zero-order chi connectivity index (χ0) is 14.1. The van der Waals surface area contributed by atoms with Gasteiger partial charge in [0, 0.05) is 18.8 Å². The smallest absolute Gasteiger partial charge is 0.271 e. The van der Waals surface area contributed by atoms with Crippen LogP contribution in [0.4, 0.5) is 0 Å². The topological polar surface area (TPSA) is 66.6 Å². The van der Waals surface area contributed by atoms with Crippen LogP contribution in [0.15, 0.2) is 24.4 Å². The van der Waals surface area contributed by atoms with Crippen LogP contribution in [0, 0.1) is 5.92 Å². The first kappa shape index (κ1) is 13.4. The van der Waals surface area contributed by atoms with Crippen LogP contribution in [0.3, 0.4) is 0 Å². The third-order valence-corrected chi connectivity index (χ3v) is 3.91. The fraction of sp³-hybridized carbons (Fsp3) is 0.429. The number of nitrogens with one attached hydrogen (secondary N) is 1. The lowest BCUT2D eigenvalue weighted by atomic mass is 10.1. The fourth-order valence-corrected chi connectivity index (χ4v) is 2.73. The highest BCUT2D eigenvalue weighted by Gasteiger charge is 2.33.